The summed E-state index contributed by atoms with van der Waals surface area (Å²) in [7, 11) is 0. The molecule has 2 aromatic rings. The molecule has 0 aliphatic heterocycles. The normalized spacial score (nSPS) is 11.2. The van der Waals surface area contributed by atoms with E-state index in [1.165, 1.54) is 20.0 Å². The van der Waals surface area contributed by atoms with E-state index in [-0.39, 0.29) is 11.3 Å². The van der Waals surface area contributed by atoms with Crippen LogP contribution in [0.3, 0.4) is 0 Å². The summed E-state index contributed by atoms with van der Waals surface area (Å²) in [6, 6.07) is 0. The molecular formula is C11H14F3N3. The SMILES string of the molecule is CC.Cc1nc2[nH]ncc2c(C)c1C(F)(F)F. The minimum atomic E-state index is -4.37. The van der Waals surface area contributed by atoms with Gasteiger partial charge in [-0.25, -0.2) is 4.98 Å². The van der Waals surface area contributed by atoms with Crippen molar-refractivity contribution in [3.8, 4) is 0 Å². The van der Waals surface area contributed by atoms with Crippen LogP contribution in [0.4, 0.5) is 13.2 Å². The highest BCUT2D eigenvalue weighted by Crippen LogP contribution is 2.35. The van der Waals surface area contributed by atoms with Gasteiger partial charge in [-0.05, 0) is 19.4 Å². The van der Waals surface area contributed by atoms with E-state index < -0.39 is 11.7 Å². The van der Waals surface area contributed by atoms with Gasteiger partial charge in [0.1, 0.15) is 0 Å². The molecule has 17 heavy (non-hydrogen) atoms. The molecule has 2 rings (SSSR count). The third kappa shape index (κ3) is 2.40. The van der Waals surface area contributed by atoms with Crippen LogP contribution >= 0.6 is 0 Å². The molecular weight excluding hydrogens is 231 g/mol. The number of aromatic amines is 1. The predicted octanol–water partition coefficient (Wildman–Crippen LogP) is 3.62. The molecule has 94 valence electrons. The summed E-state index contributed by atoms with van der Waals surface area (Å²) in [6.07, 6.45) is -3.01. The van der Waals surface area contributed by atoms with Gasteiger partial charge in [0.05, 0.1) is 17.5 Å². The summed E-state index contributed by atoms with van der Waals surface area (Å²) < 4.78 is 38.0. The molecule has 0 amide bonds. The molecule has 6 heteroatoms. The molecule has 0 saturated carbocycles. The minimum Gasteiger partial charge on any atom is -0.261 e. The third-order valence-electron chi connectivity index (χ3n) is 2.32. The lowest BCUT2D eigenvalue weighted by Gasteiger charge is -2.12. The van der Waals surface area contributed by atoms with E-state index in [4.69, 9.17) is 0 Å². The highest BCUT2D eigenvalue weighted by Gasteiger charge is 2.35. The van der Waals surface area contributed by atoms with E-state index in [9.17, 15) is 13.2 Å². The number of aryl methyl sites for hydroxylation is 2. The lowest BCUT2D eigenvalue weighted by atomic mass is 10.1. The molecule has 0 unspecified atom stereocenters. The largest absolute Gasteiger partial charge is 0.418 e. The van der Waals surface area contributed by atoms with Gasteiger partial charge in [0.15, 0.2) is 5.65 Å². The molecule has 0 aromatic carbocycles. The van der Waals surface area contributed by atoms with Crippen molar-refractivity contribution < 1.29 is 13.2 Å². The summed E-state index contributed by atoms with van der Waals surface area (Å²) >= 11 is 0. The Balaban J connectivity index is 0.000000686. The van der Waals surface area contributed by atoms with Crippen LogP contribution in [0, 0.1) is 13.8 Å². The fraction of sp³-hybridized carbons (Fsp3) is 0.455. The van der Waals surface area contributed by atoms with Crippen molar-refractivity contribution in [1.29, 1.82) is 0 Å². The molecule has 0 radical (unpaired) electrons. The van der Waals surface area contributed by atoms with Crippen molar-refractivity contribution >= 4 is 11.0 Å². The van der Waals surface area contributed by atoms with E-state index in [0.29, 0.717) is 11.0 Å². The van der Waals surface area contributed by atoms with Crippen molar-refractivity contribution in [1.82, 2.24) is 15.2 Å². The van der Waals surface area contributed by atoms with Gasteiger partial charge in [-0.3, -0.25) is 5.10 Å². The first-order chi connectivity index (χ1) is 7.91. The standard InChI is InChI=1S/C9H8F3N3.C2H6/c1-4-6-3-13-15-8(6)14-5(2)7(4)9(10,11)12;1-2/h3H,1-2H3,(H,13,14,15);1-2H3. The lowest BCUT2D eigenvalue weighted by Crippen LogP contribution is -2.11. The maximum Gasteiger partial charge on any atom is 0.418 e. The molecule has 0 fully saturated rings. The first-order valence-electron chi connectivity index (χ1n) is 5.28. The smallest absolute Gasteiger partial charge is 0.261 e. The topological polar surface area (TPSA) is 41.6 Å². The highest BCUT2D eigenvalue weighted by molar-refractivity contribution is 5.79. The van der Waals surface area contributed by atoms with Gasteiger partial charge in [0.2, 0.25) is 0 Å². The van der Waals surface area contributed by atoms with Crippen LogP contribution in [0.1, 0.15) is 30.7 Å². The number of halogens is 3. The zero-order valence-electron chi connectivity index (χ0n) is 10.1. The summed E-state index contributed by atoms with van der Waals surface area (Å²) in [5, 5.41) is 6.63. The maximum absolute atomic E-state index is 12.7. The number of hydrogen-bond donors (Lipinski definition) is 1. The molecule has 0 aliphatic rings. The number of hydrogen-bond acceptors (Lipinski definition) is 2. The fourth-order valence-electron chi connectivity index (χ4n) is 1.69. The second-order valence-electron chi connectivity index (χ2n) is 3.33. The Morgan fingerprint density at radius 2 is 1.76 bits per heavy atom. The predicted molar refractivity (Wildman–Crippen MR) is 59.7 cm³/mol. The zero-order chi connectivity index (χ0) is 13.2. The Morgan fingerprint density at radius 3 is 2.29 bits per heavy atom. The van der Waals surface area contributed by atoms with Crippen LogP contribution in [-0.4, -0.2) is 15.2 Å². The van der Waals surface area contributed by atoms with Crippen molar-refractivity contribution in [2.75, 3.05) is 0 Å². The second-order valence-corrected chi connectivity index (χ2v) is 3.33. The number of nitrogens with zero attached hydrogens (tertiary/aromatic N) is 2. The van der Waals surface area contributed by atoms with Crippen molar-refractivity contribution in [2.24, 2.45) is 0 Å². The maximum atomic E-state index is 12.7. The monoisotopic (exact) mass is 245 g/mol. The summed E-state index contributed by atoms with van der Waals surface area (Å²) in [6.45, 7) is 6.77. The Labute approximate surface area is 97.1 Å². The number of fused-ring (bicyclic) bond motifs is 1. The molecule has 0 spiro atoms. The van der Waals surface area contributed by atoms with Crippen molar-refractivity contribution in [3.05, 3.63) is 23.0 Å². The van der Waals surface area contributed by atoms with Gasteiger partial charge in [0.25, 0.3) is 0 Å². The van der Waals surface area contributed by atoms with E-state index in [0.717, 1.165) is 0 Å². The quantitative estimate of drug-likeness (QED) is 0.770. The Kier molecular flexibility index (Phi) is 3.75. The first-order valence-corrected chi connectivity index (χ1v) is 5.28. The summed E-state index contributed by atoms with van der Waals surface area (Å²) in [5.74, 6) is 0. The van der Waals surface area contributed by atoms with Gasteiger partial charge in [-0.15, -0.1) is 0 Å². The van der Waals surface area contributed by atoms with Crippen LogP contribution in [0.25, 0.3) is 11.0 Å². The Bertz CT molecular complexity index is 514. The van der Waals surface area contributed by atoms with E-state index >= 15 is 0 Å². The Hall–Kier alpha value is -1.59. The molecule has 0 aliphatic carbocycles. The van der Waals surface area contributed by atoms with Crippen LogP contribution in [-0.2, 0) is 6.18 Å². The second kappa shape index (κ2) is 4.73. The van der Waals surface area contributed by atoms with Gasteiger partial charge in [-0.1, -0.05) is 13.8 Å². The average Bonchev–Trinajstić information content (AvgIpc) is 2.66. The number of rotatable bonds is 0. The molecule has 2 heterocycles. The zero-order valence-corrected chi connectivity index (χ0v) is 10.1. The lowest BCUT2D eigenvalue weighted by molar-refractivity contribution is -0.138. The molecule has 2 aromatic heterocycles. The number of nitrogens with one attached hydrogen (secondary N) is 1. The van der Waals surface area contributed by atoms with Crippen LogP contribution in [0.15, 0.2) is 6.20 Å². The van der Waals surface area contributed by atoms with Crippen LogP contribution in [0.5, 0.6) is 0 Å². The van der Waals surface area contributed by atoms with Gasteiger partial charge >= 0.3 is 6.18 Å². The van der Waals surface area contributed by atoms with Crippen LogP contribution in [0.2, 0.25) is 0 Å². The summed E-state index contributed by atoms with van der Waals surface area (Å²) in [5.41, 5.74) is -0.148. The highest BCUT2D eigenvalue weighted by atomic mass is 19.4. The average molecular weight is 245 g/mol. The van der Waals surface area contributed by atoms with E-state index in [1.807, 2.05) is 13.8 Å². The van der Waals surface area contributed by atoms with Crippen molar-refractivity contribution in [2.45, 2.75) is 33.9 Å². The number of aromatic nitrogens is 3. The fourth-order valence-corrected chi connectivity index (χ4v) is 1.69. The molecule has 0 saturated heterocycles. The van der Waals surface area contributed by atoms with Crippen molar-refractivity contribution in [3.63, 3.8) is 0 Å². The van der Waals surface area contributed by atoms with Gasteiger partial charge in [0, 0.05) is 5.39 Å². The molecule has 0 bridgehead atoms. The third-order valence-corrected chi connectivity index (χ3v) is 2.32. The number of alkyl halides is 3. The van der Waals surface area contributed by atoms with Gasteiger partial charge in [-0.2, -0.15) is 18.3 Å². The molecule has 0 atom stereocenters. The van der Waals surface area contributed by atoms with Gasteiger partial charge < -0.3 is 0 Å². The number of H-pyrrole nitrogens is 1. The van der Waals surface area contributed by atoms with Crippen LogP contribution < -0.4 is 0 Å². The summed E-state index contributed by atoms with van der Waals surface area (Å²) in [4.78, 5) is 3.82. The minimum absolute atomic E-state index is 0.0308. The van der Waals surface area contributed by atoms with E-state index in [2.05, 4.69) is 15.2 Å². The Morgan fingerprint density at radius 1 is 1.18 bits per heavy atom. The van der Waals surface area contributed by atoms with E-state index in [1.54, 1.807) is 0 Å². The first kappa shape index (κ1) is 13.5. The number of pyridine rings is 1. The molecule has 1 N–H and O–H groups in total. The molecule has 3 nitrogen and oxygen atoms in total.